The number of esters is 1. The summed E-state index contributed by atoms with van der Waals surface area (Å²) < 4.78 is 17.6. The summed E-state index contributed by atoms with van der Waals surface area (Å²) in [6.45, 7) is 3.68. The minimum absolute atomic E-state index is 0.293. The number of unbranched alkanes of at least 4 members (excludes halogenated alkanes) is 3. The van der Waals surface area contributed by atoms with E-state index in [1.54, 1.807) is 12.1 Å². The standard InChI is InChI=1S/C16H22FNO2/c1-3-4-5-6-7-8-15(16(19)20-2)18-14-11-9-13(17)10-12-14/h3,9-12,15,18H,1,4-8H2,2H3/t15-/m0/s1. The van der Waals surface area contributed by atoms with E-state index in [2.05, 4.69) is 11.9 Å². The molecule has 0 aliphatic rings. The van der Waals surface area contributed by atoms with Crippen LogP contribution >= 0.6 is 0 Å². The molecule has 0 spiro atoms. The van der Waals surface area contributed by atoms with E-state index in [0.29, 0.717) is 12.1 Å². The third-order valence-electron chi connectivity index (χ3n) is 3.07. The van der Waals surface area contributed by atoms with Crippen LogP contribution in [0, 0.1) is 5.82 Å². The van der Waals surface area contributed by atoms with E-state index in [0.717, 1.165) is 25.7 Å². The van der Waals surface area contributed by atoms with Crippen molar-refractivity contribution >= 4 is 11.7 Å². The van der Waals surface area contributed by atoms with Crippen LogP contribution in [-0.4, -0.2) is 19.1 Å². The fraction of sp³-hybridized carbons (Fsp3) is 0.438. The number of rotatable bonds is 9. The van der Waals surface area contributed by atoms with Crippen molar-refractivity contribution in [3.63, 3.8) is 0 Å². The molecule has 1 aromatic rings. The molecular weight excluding hydrogens is 257 g/mol. The molecule has 4 heteroatoms. The summed E-state index contributed by atoms with van der Waals surface area (Å²) in [5.41, 5.74) is 0.716. The van der Waals surface area contributed by atoms with Crippen molar-refractivity contribution in [2.75, 3.05) is 12.4 Å². The summed E-state index contributed by atoms with van der Waals surface area (Å²) in [6, 6.07) is 5.56. The molecule has 1 atom stereocenters. The number of ether oxygens (including phenoxy) is 1. The molecule has 1 N–H and O–H groups in total. The van der Waals surface area contributed by atoms with Crippen LogP contribution in [0.3, 0.4) is 0 Å². The zero-order chi connectivity index (χ0) is 14.8. The Labute approximate surface area is 119 Å². The zero-order valence-electron chi connectivity index (χ0n) is 11.9. The molecule has 0 aliphatic heterocycles. The molecule has 0 bridgehead atoms. The number of hydrogen-bond donors (Lipinski definition) is 1. The van der Waals surface area contributed by atoms with Crippen molar-refractivity contribution in [1.29, 1.82) is 0 Å². The number of methoxy groups -OCH3 is 1. The Hall–Kier alpha value is -1.84. The highest BCUT2D eigenvalue weighted by molar-refractivity contribution is 5.79. The normalized spacial score (nSPS) is 11.7. The van der Waals surface area contributed by atoms with E-state index < -0.39 is 6.04 Å². The van der Waals surface area contributed by atoms with Gasteiger partial charge in [-0.15, -0.1) is 6.58 Å². The topological polar surface area (TPSA) is 38.3 Å². The van der Waals surface area contributed by atoms with Crippen LogP contribution in [0.15, 0.2) is 36.9 Å². The number of carbonyl (C=O) groups is 1. The lowest BCUT2D eigenvalue weighted by Crippen LogP contribution is -2.30. The third kappa shape index (κ3) is 5.87. The van der Waals surface area contributed by atoms with E-state index in [1.165, 1.54) is 19.2 Å². The second-order valence-corrected chi connectivity index (χ2v) is 4.65. The van der Waals surface area contributed by atoms with Gasteiger partial charge >= 0.3 is 5.97 Å². The molecule has 0 aromatic heterocycles. The van der Waals surface area contributed by atoms with Gasteiger partial charge in [-0.05, 0) is 43.5 Å². The number of nitrogens with one attached hydrogen (secondary N) is 1. The molecule has 3 nitrogen and oxygen atoms in total. The quantitative estimate of drug-likeness (QED) is 0.423. The number of halogens is 1. The smallest absolute Gasteiger partial charge is 0.328 e. The molecule has 0 unspecified atom stereocenters. The molecule has 0 fully saturated rings. The number of carbonyl (C=O) groups excluding carboxylic acids is 1. The fourth-order valence-electron chi connectivity index (χ4n) is 1.95. The molecule has 0 heterocycles. The summed E-state index contributed by atoms with van der Waals surface area (Å²) in [5, 5.41) is 3.09. The molecular formula is C16H22FNO2. The highest BCUT2D eigenvalue weighted by atomic mass is 19.1. The van der Waals surface area contributed by atoms with E-state index in [4.69, 9.17) is 4.74 Å². The maximum atomic E-state index is 12.8. The SMILES string of the molecule is C=CCCCCC[C@H](Nc1ccc(F)cc1)C(=O)OC. The van der Waals surface area contributed by atoms with E-state index in [9.17, 15) is 9.18 Å². The van der Waals surface area contributed by atoms with Crippen molar-refractivity contribution in [2.45, 2.75) is 38.1 Å². The molecule has 1 aromatic carbocycles. The first-order valence-electron chi connectivity index (χ1n) is 6.88. The third-order valence-corrected chi connectivity index (χ3v) is 3.07. The predicted molar refractivity (Wildman–Crippen MR) is 79.1 cm³/mol. The number of anilines is 1. The van der Waals surface area contributed by atoms with Crippen molar-refractivity contribution in [1.82, 2.24) is 0 Å². The lowest BCUT2D eigenvalue weighted by molar-refractivity contribution is -0.141. The molecule has 0 aliphatic carbocycles. The summed E-state index contributed by atoms with van der Waals surface area (Å²) in [6.07, 6.45) is 6.64. The molecule has 0 saturated heterocycles. The first-order valence-corrected chi connectivity index (χ1v) is 6.88. The van der Waals surface area contributed by atoms with Crippen molar-refractivity contribution < 1.29 is 13.9 Å². The summed E-state index contributed by atoms with van der Waals surface area (Å²) >= 11 is 0. The number of benzene rings is 1. The molecule has 1 rings (SSSR count). The van der Waals surface area contributed by atoms with Crippen molar-refractivity contribution in [3.8, 4) is 0 Å². The molecule has 110 valence electrons. The number of hydrogen-bond acceptors (Lipinski definition) is 3. The Balaban J connectivity index is 2.49. The Kier molecular flexibility index (Phi) is 7.40. The largest absolute Gasteiger partial charge is 0.467 e. The van der Waals surface area contributed by atoms with Gasteiger partial charge in [0.2, 0.25) is 0 Å². The maximum Gasteiger partial charge on any atom is 0.328 e. The number of allylic oxidation sites excluding steroid dienone is 1. The van der Waals surface area contributed by atoms with Gasteiger partial charge in [0, 0.05) is 5.69 Å². The van der Waals surface area contributed by atoms with Crippen LogP contribution in [0.1, 0.15) is 32.1 Å². The van der Waals surface area contributed by atoms with Gasteiger partial charge in [-0.3, -0.25) is 0 Å². The van der Waals surface area contributed by atoms with Crippen LogP contribution in [-0.2, 0) is 9.53 Å². The minimum Gasteiger partial charge on any atom is -0.467 e. The van der Waals surface area contributed by atoms with Gasteiger partial charge in [0.15, 0.2) is 0 Å². The Morgan fingerprint density at radius 2 is 2.05 bits per heavy atom. The Morgan fingerprint density at radius 3 is 2.65 bits per heavy atom. The van der Waals surface area contributed by atoms with E-state index >= 15 is 0 Å². The monoisotopic (exact) mass is 279 g/mol. The second kappa shape index (κ2) is 9.13. The van der Waals surface area contributed by atoms with Gasteiger partial charge in [0.1, 0.15) is 11.9 Å². The van der Waals surface area contributed by atoms with Gasteiger partial charge in [0.25, 0.3) is 0 Å². The van der Waals surface area contributed by atoms with Gasteiger partial charge in [0.05, 0.1) is 7.11 Å². The minimum atomic E-state index is -0.394. The Morgan fingerprint density at radius 1 is 1.35 bits per heavy atom. The van der Waals surface area contributed by atoms with Crippen LogP contribution < -0.4 is 5.32 Å². The van der Waals surface area contributed by atoms with Crippen LogP contribution in [0.5, 0.6) is 0 Å². The van der Waals surface area contributed by atoms with Gasteiger partial charge in [-0.1, -0.05) is 18.9 Å². The summed E-state index contributed by atoms with van der Waals surface area (Å²) in [4.78, 5) is 11.7. The first-order chi connectivity index (χ1) is 9.67. The summed E-state index contributed by atoms with van der Waals surface area (Å²) in [5.74, 6) is -0.590. The molecule has 0 saturated carbocycles. The highest BCUT2D eigenvalue weighted by Crippen LogP contribution is 2.14. The van der Waals surface area contributed by atoms with Crippen LogP contribution in [0.25, 0.3) is 0 Å². The zero-order valence-corrected chi connectivity index (χ0v) is 11.9. The van der Waals surface area contributed by atoms with Crippen LogP contribution in [0.4, 0.5) is 10.1 Å². The lowest BCUT2D eigenvalue weighted by Gasteiger charge is -2.17. The summed E-state index contributed by atoms with van der Waals surface area (Å²) in [7, 11) is 1.37. The van der Waals surface area contributed by atoms with E-state index in [1.807, 2.05) is 6.08 Å². The van der Waals surface area contributed by atoms with Crippen LogP contribution in [0.2, 0.25) is 0 Å². The van der Waals surface area contributed by atoms with Gasteiger partial charge < -0.3 is 10.1 Å². The van der Waals surface area contributed by atoms with Crippen molar-refractivity contribution in [3.05, 3.63) is 42.7 Å². The maximum absolute atomic E-state index is 12.8. The predicted octanol–water partition coefficient (Wildman–Crippen LogP) is 3.92. The lowest BCUT2D eigenvalue weighted by atomic mass is 10.1. The van der Waals surface area contributed by atoms with Gasteiger partial charge in [-0.2, -0.15) is 0 Å². The first kappa shape index (κ1) is 16.2. The molecule has 20 heavy (non-hydrogen) atoms. The van der Waals surface area contributed by atoms with E-state index in [-0.39, 0.29) is 11.8 Å². The van der Waals surface area contributed by atoms with Gasteiger partial charge in [-0.25, -0.2) is 9.18 Å². The molecule has 0 amide bonds. The average Bonchev–Trinajstić information content (AvgIpc) is 2.47. The molecule has 0 radical (unpaired) electrons. The average molecular weight is 279 g/mol. The fourth-order valence-corrected chi connectivity index (χ4v) is 1.95. The van der Waals surface area contributed by atoms with Crippen molar-refractivity contribution in [2.24, 2.45) is 0 Å². The highest BCUT2D eigenvalue weighted by Gasteiger charge is 2.18. The Bertz CT molecular complexity index is 417. The second-order valence-electron chi connectivity index (χ2n) is 4.65.